The minimum Gasteiger partial charge on any atom is -0.481 e. The van der Waals surface area contributed by atoms with Gasteiger partial charge in [0.15, 0.2) is 0 Å². The molecule has 2 rings (SSSR count). The van der Waals surface area contributed by atoms with Crippen LogP contribution in [0.1, 0.15) is 12.8 Å². The highest BCUT2D eigenvalue weighted by Gasteiger charge is 2.24. The third-order valence-corrected chi connectivity index (χ3v) is 2.73. The minimum atomic E-state index is -0.683. The minimum absolute atomic E-state index is 0. The molecule has 2 heterocycles. The van der Waals surface area contributed by atoms with Gasteiger partial charge in [0.25, 0.3) is 0 Å². The van der Waals surface area contributed by atoms with Crippen LogP contribution in [0.5, 0.6) is 0 Å². The molecule has 1 saturated heterocycles. The van der Waals surface area contributed by atoms with E-state index in [4.69, 9.17) is 5.11 Å². The molecule has 16 heavy (non-hydrogen) atoms. The average Bonchev–Trinajstić information content (AvgIpc) is 2.30. The first-order valence-electron chi connectivity index (χ1n) is 5.01. The second-order valence-corrected chi connectivity index (χ2v) is 3.67. The van der Waals surface area contributed by atoms with Gasteiger partial charge in [-0.05, 0) is 18.9 Å². The van der Waals surface area contributed by atoms with Gasteiger partial charge in [0.1, 0.15) is 12.1 Å². The Kier molecular flexibility index (Phi) is 4.49. The third-order valence-electron chi connectivity index (χ3n) is 2.73. The molecule has 0 unspecified atom stereocenters. The van der Waals surface area contributed by atoms with Gasteiger partial charge >= 0.3 is 5.97 Å². The Balaban J connectivity index is 0.00000128. The SMILES string of the molecule is Cl.O=C(O)C1CCN(c2ccncn2)CC1. The van der Waals surface area contributed by atoms with Crippen LogP contribution < -0.4 is 4.90 Å². The lowest BCUT2D eigenvalue weighted by Gasteiger charge is -2.30. The Morgan fingerprint density at radius 3 is 2.62 bits per heavy atom. The van der Waals surface area contributed by atoms with Gasteiger partial charge in [-0.3, -0.25) is 4.79 Å². The molecule has 1 aliphatic heterocycles. The van der Waals surface area contributed by atoms with Crippen molar-refractivity contribution in [2.24, 2.45) is 5.92 Å². The first-order valence-corrected chi connectivity index (χ1v) is 5.01. The van der Waals surface area contributed by atoms with Crippen LogP contribution >= 0.6 is 12.4 Å². The summed E-state index contributed by atoms with van der Waals surface area (Å²) < 4.78 is 0. The zero-order valence-corrected chi connectivity index (χ0v) is 9.56. The molecule has 6 heteroatoms. The van der Waals surface area contributed by atoms with Gasteiger partial charge in [0.05, 0.1) is 5.92 Å². The first kappa shape index (κ1) is 12.7. The molecule has 0 radical (unpaired) electrons. The van der Waals surface area contributed by atoms with Gasteiger partial charge < -0.3 is 10.0 Å². The number of hydrogen-bond acceptors (Lipinski definition) is 4. The van der Waals surface area contributed by atoms with Crippen molar-refractivity contribution in [3.63, 3.8) is 0 Å². The van der Waals surface area contributed by atoms with E-state index in [2.05, 4.69) is 14.9 Å². The number of aromatic nitrogens is 2. The van der Waals surface area contributed by atoms with E-state index in [0.717, 1.165) is 18.9 Å². The Bertz CT molecular complexity index is 339. The van der Waals surface area contributed by atoms with Crippen molar-refractivity contribution < 1.29 is 9.90 Å². The highest BCUT2D eigenvalue weighted by atomic mass is 35.5. The molecule has 0 amide bonds. The second kappa shape index (κ2) is 5.65. The number of piperidine rings is 1. The van der Waals surface area contributed by atoms with E-state index < -0.39 is 5.97 Å². The van der Waals surface area contributed by atoms with Crippen LogP contribution in [0.4, 0.5) is 5.82 Å². The molecule has 5 nitrogen and oxygen atoms in total. The van der Waals surface area contributed by atoms with E-state index in [1.54, 1.807) is 6.20 Å². The smallest absolute Gasteiger partial charge is 0.306 e. The van der Waals surface area contributed by atoms with Crippen LogP contribution in [-0.4, -0.2) is 34.1 Å². The maximum Gasteiger partial charge on any atom is 0.306 e. The van der Waals surface area contributed by atoms with Crippen LogP contribution in [-0.2, 0) is 4.79 Å². The Hall–Kier alpha value is -1.36. The zero-order chi connectivity index (χ0) is 10.7. The summed E-state index contributed by atoms with van der Waals surface area (Å²) in [6.07, 6.45) is 4.60. The molecule has 0 saturated carbocycles. The molecule has 0 spiro atoms. The van der Waals surface area contributed by atoms with Crippen LogP contribution in [0, 0.1) is 5.92 Å². The van der Waals surface area contributed by atoms with E-state index in [-0.39, 0.29) is 18.3 Å². The zero-order valence-electron chi connectivity index (χ0n) is 8.74. The lowest BCUT2D eigenvalue weighted by Crippen LogP contribution is -2.36. The molecule has 1 fully saturated rings. The Labute approximate surface area is 99.9 Å². The molecule has 0 bridgehead atoms. The summed E-state index contributed by atoms with van der Waals surface area (Å²) >= 11 is 0. The predicted molar refractivity (Wildman–Crippen MR) is 61.9 cm³/mol. The molecule has 0 aliphatic carbocycles. The molecule has 1 aromatic rings. The maximum atomic E-state index is 10.8. The van der Waals surface area contributed by atoms with Gasteiger partial charge in [0, 0.05) is 19.3 Å². The normalized spacial score (nSPS) is 16.6. The fourth-order valence-corrected chi connectivity index (χ4v) is 1.83. The first-order chi connectivity index (χ1) is 7.27. The number of carboxylic acids is 1. The van der Waals surface area contributed by atoms with Gasteiger partial charge in [0.2, 0.25) is 0 Å². The standard InChI is InChI=1S/C10H13N3O2.ClH/c14-10(15)8-2-5-13(6-3-8)9-1-4-11-7-12-9;/h1,4,7-8H,2-3,5-6H2,(H,14,15);1H. The van der Waals surface area contributed by atoms with Crippen molar-refractivity contribution in [3.8, 4) is 0 Å². The van der Waals surface area contributed by atoms with E-state index in [9.17, 15) is 4.79 Å². The summed E-state index contributed by atoms with van der Waals surface area (Å²) in [7, 11) is 0. The summed E-state index contributed by atoms with van der Waals surface area (Å²) in [6.45, 7) is 1.52. The van der Waals surface area contributed by atoms with Crippen molar-refractivity contribution >= 4 is 24.2 Å². The molecule has 88 valence electrons. The maximum absolute atomic E-state index is 10.8. The number of anilines is 1. The lowest BCUT2D eigenvalue weighted by molar-refractivity contribution is -0.142. The predicted octanol–water partition coefficient (Wildman–Crippen LogP) is 1.20. The highest BCUT2D eigenvalue weighted by molar-refractivity contribution is 5.85. The van der Waals surface area contributed by atoms with Crippen molar-refractivity contribution in [1.82, 2.24) is 9.97 Å². The van der Waals surface area contributed by atoms with Crippen molar-refractivity contribution in [2.45, 2.75) is 12.8 Å². The number of nitrogens with zero attached hydrogens (tertiary/aromatic N) is 3. The van der Waals surface area contributed by atoms with E-state index in [1.165, 1.54) is 6.33 Å². The van der Waals surface area contributed by atoms with Crippen molar-refractivity contribution in [2.75, 3.05) is 18.0 Å². The molecule has 0 atom stereocenters. The Morgan fingerprint density at radius 2 is 2.12 bits per heavy atom. The van der Waals surface area contributed by atoms with Gasteiger partial charge in [-0.25, -0.2) is 9.97 Å². The number of aliphatic carboxylic acids is 1. The van der Waals surface area contributed by atoms with Crippen LogP contribution in [0.3, 0.4) is 0 Å². The summed E-state index contributed by atoms with van der Waals surface area (Å²) in [5.74, 6) is 0.00858. The monoisotopic (exact) mass is 243 g/mol. The fraction of sp³-hybridized carbons (Fsp3) is 0.500. The Morgan fingerprint density at radius 1 is 1.44 bits per heavy atom. The highest BCUT2D eigenvalue weighted by Crippen LogP contribution is 2.20. The van der Waals surface area contributed by atoms with E-state index >= 15 is 0 Å². The fourth-order valence-electron chi connectivity index (χ4n) is 1.83. The third kappa shape index (κ3) is 2.82. The number of carboxylic acid groups (broad SMARTS) is 1. The molecule has 1 N–H and O–H groups in total. The number of halogens is 1. The number of hydrogen-bond donors (Lipinski definition) is 1. The quantitative estimate of drug-likeness (QED) is 0.846. The van der Waals surface area contributed by atoms with Crippen molar-refractivity contribution in [1.29, 1.82) is 0 Å². The van der Waals surface area contributed by atoms with E-state index in [1.807, 2.05) is 6.07 Å². The molecule has 1 aliphatic rings. The summed E-state index contributed by atoms with van der Waals surface area (Å²) in [5, 5.41) is 8.85. The van der Waals surface area contributed by atoms with Crippen LogP contribution in [0.2, 0.25) is 0 Å². The topological polar surface area (TPSA) is 66.3 Å². The van der Waals surface area contributed by atoms with Crippen LogP contribution in [0.15, 0.2) is 18.6 Å². The second-order valence-electron chi connectivity index (χ2n) is 3.67. The summed E-state index contributed by atoms with van der Waals surface area (Å²) in [5.41, 5.74) is 0. The molecule has 1 aromatic heterocycles. The lowest BCUT2D eigenvalue weighted by atomic mass is 9.97. The largest absolute Gasteiger partial charge is 0.481 e. The summed E-state index contributed by atoms with van der Waals surface area (Å²) in [6, 6.07) is 1.85. The molecular weight excluding hydrogens is 230 g/mol. The summed E-state index contributed by atoms with van der Waals surface area (Å²) in [4.78, 5) is 20.8. The van der Waals surface area contributed by atoms with Crippen LogP contribution in [0.25, 0.3) is 0 Å². The van der Waals surface area contributed by atoms with Gasteiger partial charge in [-0.2, -0.15) is 0 Å². The van der Waals surface area contributed by atoms with Crippen molar-refractivity contribution in [3.05, 3.63) is 18.6 Å². The molecular formula is C10H14ClN3O2. The average molecular weight is 244 g/mol. The number of rotatable bonds is 2. The number of carbonyl (C=O) groups is 1. The van der Waals surface area contributed by atoms with E-state index in [0.29, 0.717) is 12.8 Å². The van der Waals surface area contributed by atoms with Gasteiger partial charge in [-0.15, -0.1) is 12.4 Å². The molecule has 0 aromatic carbocycles. The van der Waals surface area contributed by atoms with Gasteiger partial charge in [-0.1, -0.05) is 0 Å².